The molecule has 0 fully saturated rings. The fourth-order valence-electron chi connectivity index (χ4n) is 3.07. The third-order valence-electron chi connectivity index (χ3n) is 4.55. The van der Waals surface area contributed by atoms with E-state index in [1.165, 1.54) is 18.5 Å². The molecule has 0 aliphatic carbocycles. The number of benzene rings is 3. The number of amides is 2. The average molecular weight is 401 g/mol. The van der Waals surface area contributed by atoms with Crippen LogP contribution in [0.15, 0.2) is 79.1 Å². The first kappa shape index (κ1) is 19.3. The van der Waals surface area contributed by atoms with Crippen molar-refractivity contribution in [2.75, 3.05) is 22.5 Å². The van der Waals surface area contributed by atoms with Crippen LogP contribution in [0.5, 0.6) is 0 Å². The first-order valence-corrected chi connectivity index (χ1v) is 9.53. The third kappa shape index (κ3) is 4.88. The van der Waals surface area contributed by atoms with Gasteiger partial charge in [0.1, 0.15) is 18.0 Å². The minimum atomic E-state index is -0.321. The number of hydrogen-bond acceptors (Lipinski definition) is 4. The van der Waals surface area contributed by atoms with Gasteiger partial charge in [0.05, 0.1) is 5.52 Å². The van der Waals surface area contributed by atoms with Crippen molar-refractivity contribution in [3.63, 3.8) is 0 Å². The summed E-state index contributed by atoms with van der Waals surface area (Å²) in [6.07, 6.45) is 2.19. The van der Waals surface area contributed by atoms with Gasteiger partial charge in [0.25, 0.3) is 0 Å². The van der Waals surface area contributed by atoms with Crippen LogP contribution in [0.1, 0.15) is 5.56 Å². The molecule has 0 saturated heterocycles. The van der Waals surface area contributed by atoms with E-state index < -0.39 is 0 Å². The molecule has 4 rings (SSSR count). The summed E-state index contributed by atoms with van der Waals surface area (Å²) < 4.78 is 13.4. The quantitative estimate of drug-likeness (QED) is 0.422. The summed E-state index contributed by atoms with van der Waals surface area (Å²) in [5.41, 5.74) is 3.12. The summed E-state index contributed by atoms with van der Waals surface area (Å²) in [5, 5.41) is 9.65. The zero-order valence-corrected chi connectivity index (χ0v) is 16.1. The molecule has 6 nitrogen and oxygen atoms in total. The molecule has 0 spiro atoms. The molecule has 1 heterocycles. The highest BCUT2D eigenvalue weighted by molar-refractivity contribution is 5.99. The lowest BCUT2D eigenvalue weighted by Crippen LogP contribution is -2.19. The van der Waals surface area contributed by atoms with Crippen LogP contribution in [0, 0.1) is 5.82 Å². The summed E-state index contributed by atoms with van der Waals surface area (Å²) in [6.45, 7) is 0.657. The number of fused-ring (bicyclic) bond motifs is 1. The number of aromatic nitrogens is 2. The number of carbonyl (C=O) groups is 1. The van der Waals surface area contributed by atoms with Crippen molar-refractivity contribution in [3.05, 3.63) is 90.5 Å². The highest BCUT2D eigenvalue weighted by Crippen LogP contribution is 2.20. The smallest absolute Gasteiger partial charge is 0.323 e. The maximum absolute atomic E-state index is 13.4. The summed E-state index contributed by atoms with van der Waals surface area (Å²) in [7, 11) is 0. The van der Waals surface area contributed by atoms with Crippen LogP contribution in [0.3, 0.4) is 0 Å². The van der Waals surface area contributed by atoms with Crippen LogP contribution in [0.25, 0.3) is 10.9 Å². The maximum atomic E-state index is 13.4. The maximum Gasteiger partial charge on any atom is 0.323 e. The molecule has 2 amide bonds. The second kappa shape index (κ2) is 9.00. The van der Waals surface area contributed by atoms with Crippen LogP contribution in [-0.2, 0) is 6.42 Å². The van der Waals surface area contributed by atoms with E-state index in [4.69, 9.17) is 0 Å². The normalized spacial score (nSPS) is 10.6. The Morgan fingerprint density at radius 2 is 1.60 bits per heavy atom. The number of nitrogens with one attached hydrogen (secondary N) is 3. The second-order valence-corrected chi connectivity index (χ2v) is 6.70. The number of hydrogen-bond donors (Lipinski definition) is 3. The van der Waals surface area contributed by atoms with Gasteiger partial charge in [0.15, 0.2) is 0 Å². The summed E-state index contributed by atoms with van der Waals surface area (Å²) in [5.74, 6) is 0.356. The molecular weight excluding hydrogens is 381 g/mol. The summed E-state index contributed by atoms with van der Waals surface area (Å²) >= 11 is 0. The first-order valence-electron chi connectivity index (χ1n) is 9.53. The van der Waals surface area contributed by atoms with E-state index in [0.29, 0.717) is 23.6 Å². The SMILES string of the molecule is O=C(Nc1ccccc1)Nc1ccc(CCNc2ncnc3cc(F)ccc23)cc1. The Morgan fingerprint density at radius 1 is 0.867 bits per heavy atom. The van der Waals surface area contributed by atoms with Crippen molar-refractivity contribution >= 4 is 34.1 Å². The van der Waals surface area contributed by atoms with Crippen molar-refractivity contribution < 1.29 is 9.18 Å². The lowest BCUT2D eigenvalue weighted by Gasteiger charge is -2.10. The molecule has 0 aliphatic rings. The summed E-state index contributed by atoms with van der Waals surface area (Å²) in [4.78, 5) is 20.4. The highest BCUT2D eigenvalue weighted by Gasteiger charge is 2.05. The molecule has 0 atom stereocenters. The van der Waals surface area contributed by atoms with E-state index in [0.717, 1.165) is 23.1 Å². The standard InChI is InChI=1S/C23H20FN5O/c24-17-8-11-20-21(14-17)26-15-27-22(20)25-13-12-16-6-9-19(10-7-16)29-23(30)28-18-4-2-1-3-5-18/h1-11,14-15H,12-13H2,(H,25,26,27)(H2,28,29,30). The van der Waals surface area contributed by atoms with E-state index in [-0.39, 0.29) is 11.8 Å². The molecule has 30 heavy (non-hydrogen) atoms. The van der Waals surface area contributed by atoms with Gasteiger partial charge in [-0.1, -0.05) is 30.3 Å². The van der Waals surface area contributed by atoms with Crippen molar-refractivity contribution in [1.29, 1.82) is 0 Å². The van der Waals surface area contributed by atoms with E-state index in [1.54, 1.807) is 6.07 Å². The first-order chi connectivity index (χ1) is 14.7. The lowest BCUT2D eigenvalue weighted by atomic mass is 10.1. The largest absolute Gasteiger partial charge is 0.369 e. The third-order valence-corrected chi connectivity index (χ3v) is 4.55. The van der Waals surface area contributed by atoms with Crippen LogP contribution in [0.2, 0.25) is 0 Å². The minimum Gasteiger partial charge on any atom is -0.369 e. The molecule has 1 aromatic heterocycles. The predicted molar refractivity (Wildman–Crippen MR) is 117 cm³/mol. The zero-order valence-electron chi connectivity index (χ0n) is 16.1. The molecule has 0 radical (unpaired) electrons. The molecule has 0 unspecified atom stereocenters. The Hall–Kier alpha value is -4.00. The van der Waals surface area contributed by atoms with Gasteiger partial charge in [0.2, 0.25) is 0 Å². The fourth-order valence-corrected chi connectivity index (χ4v) is 3.07. The van der Waals surface area contributed by atoms with E-state index in [1.807, 2.05) is 54.6 Å². The molecule has 150 valence electrons. The van der Waals surface area contributed by atoms with Crippen molar-refractivity contribution in [1.82, 2.24) is 9.97 Å². The van der Waals surface area contributed by atoms with Crippen LogP contribution >= 0.6 is 0 Å². The van der Waals surface area contributed by atoms with Crippen molar-refractivity contribution in [3.8, 4) is 0 Å². The average Bonchev–Trinajstić information content (AvgIpc) is 2.75. The molecule has 0 saturated carbocycles. The van der Waals surface area contributed by atoms with Crippen LogP contribution in [0.4, 0.5) is 26.4 Å². The van der Waals surface area contributed by atoms with Gasteiger partial charge in [-0.05, 0) is 48.4 Å². The highest BCUT2D eigenvalue weighted by atomic mass is 19.1. The van der Waals surface area contributed by atoms with Crippen molar-refractivity contribution in [2.24, 2.45) is 0 Å². The number of rotatable bonds is 6. The molecule has 4 aromatic rings. The van der Waals surface area contributed by atoms with Gasteiger partial charge < -0.3 is 16.0 Å². The second-order valence-electron chi connectivity index (χ2n) is 6.70. The van der Waals surface area contributed by atoms with Gasteiger partial charge in [-0.2, -0.15) is 0 Å². The van der Waals surface area contributed by atoms with Gasteiger partial charge in [-0.25, -0.2) is 19.2 Å². The number of nitrogens with zero attached hydrogens (tertiary/aromatic N) is 2. The predicted octanol–water partition coefficient (Wildman–Crippen LogP) is 5.07. The Balaban J connectivity index is 1.30. The van der Waals surface area contributed by atoms with Crippen LogP contribution in [-0.4, -0.2) is 22.5 Å². The molecule has 3 N–H and O–H groups in total. The van der Waals surface area contributed by atoms with E-state index in [2.05, 4.69) is 25.9 Å². The van der Waals surface area contributed by atoms with Gasteiger partial charge >= 0.3 is 6.03 Å². The molecule has 0 aliphatic heterocycles. The van der Waals surface area contributed by atoms with Gasteiger partial charge in [0, 0.05) is 29.4 Å². The Bertz CT molecular complexity index is 1150. The number of carbonyl (C=O) groups excluding carboxylic acids is 1. The molecular formula is C23H20FN5O. The number of urea groups is 1. The molecule has 3 aromatic carbocycles. The zero-order chi connectivity index (χ0) is 20.8. The molecule has 0 bridgehead atoms. The van der Waals surface area contributed by atoms with E-state index in [9.17, 15) is 9.18 Å². The lowest BCUT2D eigenvalue weighted by molar-refractivity contribution is 0.262. The Labute approximate surface area is 173 Å². The molecule has 7 heteroatoms. The monoisotopic (exact) mass is 401 g/mol. The Kier molecular flexibility index (Phi) is 5.80. The van der Waals surface area contributed by atoms with Gasteiger partial charge in [-0.3, -0.25) is 0 Å². The number of halogens is 1. The Morgan fingerprint density at radius 3 is 2.37 bits per heavy atom. The van der Waals surface area contributed by atoms with E-state index >= 15 is 0 Å². The minimum absolute atomic E-state index is 0.289. The van der Waals surface area contributed by atoms with Crippen molar-refractivity contribution in [2.45, 2.75) is 6.42 Å². The number of para-hydroxylation sites is 1. The van der Waals surface area contributed by atoms with Gasteiger partial charge in [-0.15, -0.1) is 0 Å². The van der Waals surface area contributed by atoms with Crippen LogP contribution < -0.4 is 16.0 Å². The fraction of sp³-hybridized carbons (Fsp3) is 0.0870. The summed E-state index contributed by atoms with van der Waals surface area (Å²) in [6, 6.07) is 21.1. The topological polar surface area (TPSA) is 78.9 Å². The number of anilines is 3.